The van der Waals surface area contributed by atoms with Crippen LogP contribution in [0, 0.1) is 0 Å². The first-order valence-corrected chi connectivity index (χ1v) is 7.39. The highest BCUT2D eigenvalue weighted by atomic mass is 79.9. The Kier molecular flexibility index (Phi) is 3.31. The lowest BCUT2D eigenvalue weighted by Crippen LogP contribution is -2.14. The molecule has 2 heterocycles. The van der Waals surface area contributed by atoms with Crippen LogP contribution in [0.3, 0.4) is 0 Å². The van der Waals surface area contributed by atoms with Crippen LogP contribution in [0.5, 0.6) is 0 Å². The number of nitrogens with zero attached hydrogens (tertiary/aromatic N) is 2. The fraction of sp³-hybridized carbons (Fsp3) is 0.417. The Bertz CT molecular complexity index is 501. The molecule has 0 unspecified atom stereocenters. The Morgan fingerprint density at radius 1 is 1.47 bits per heavy atom. The highest BCUT2D eigenvalue weighted by Crippen LogP contribution is 2.23. The molecule has 1 aliphatic rings. The molecule has 2 aromatic rings. The molecule has 0 aliphatic heterocycles. The van der Waals surface area contributed by atoms with E-state index in [1.54, 1.807) is 11.3 Å². The average Bonchev–Trinajstić information content (AvgIpc) is 2.90. The second kappa shape index (κ2) is 4.92. The van der Waals surface area contributed by atoms with Crippen molar-refractivity contribution >= 4 is 27.3 Å². The molecule has 1 N–H and O–H groups in total. The van der Waals surface area contributed by atoms with Crippen LogP contribution in [0.1, 0.15) is 23.3 Å². The van der Waals surface area contributed by atoms with E-state index in [-0.39, 0.29) is 0 Å². The van der Waals surface area contributed by atoms with Crippen molar-refractivity contribution in [2.75, 3.05) is 0 Å². The Balaban J connectivity index is 1.59. The molecule has 2 aromatic heterocycles. The second-order valence-electron chi connectivity index (χ2n) is 4.41. The highest BCUT2D eigenvalue weighted by molar-refractivity contribution is 9.11. The third-order valence-corrected chi connectivity index (χ3v) is 4.41. The Hall–Kier alpha value is -0.650. The zero-order valence-electron chi connectivity index (χ0n) is 9.40. The Morgan fingerprint density at radius 2 is 2.35 bits per heavy atom. The van der Waals surface area contributed by atoms with Crippen molar-refractivity contribution in [1.82, 2.24) is 15.1 Å². The molecular weight excluding hydrogens is 298 g/mol. The van der Waals surface area contributed by atoms with Crippen molar-refractivity contribution in [2.24, 2.45) is 0 Å². The number of nitrogens with one attached hydrogen (secondary N) is 1. The maximum atomic E-state index is 4.39. The van der Waals surface area contributed by atoms with Crippen molar-refractivity contribution < 1.29 is 0 Å². The van der Waals surface area contributed by atoms with E-state index in [0.29, 0.717) is 0 Å². The number of rotatable bonds is 5. The van der Waals surface area contributed by atoms with E-state index in [1.807, 2.05) is 10.9 Å². The molecular formula is C12H14BrN3S. The summed E-state index contributed by atoms with van der Waals surface area (Å²) in [6, 6.07) is 4.98. The van der Waals surface area contributed by atoms with E-state index >= 15 is 0 Å². The summed E-state index contributed by atoms with van der Waals surface area (Å²) in [7, 11) is 0. The lowest BCUT2D eigenvalue weighted by atomic mass is 10.3. The lowest BCUT2D eigenvalue weighted by Gasteiger charge is -1.99. The highest BCUT2D eigenvalue weighted by Gasteiger charge is 2.20. The predicted molar refractivity (Wildman–Crippen MR) is 73.2 cm³/mol. The van der Waals surface area contributed by atoms with Gasteiger partial charge in [-0.15, -0.1) is 11.3 Å². The molecule has 5 heteroatoms. The predicted octanol–water partition coefficient (Wildman–Crippen LogP) is 3.01. The molecule has 0 aromatic carbocycles. The van der Waals surface area contributed by atoms with Crippen LogP contribution in [-0.2, 0) is 13.1 Å². The quantitative estimate of drug-likeness (QED) is 0.920. The SMILES string of the molecule is Brc1ccc(Cn2cc(CNC3CC3)cn2)s1. The summed E-state index contributed by atoms with van der Waals surface area (Å²) in [6.07, 6.45) is 6.75. The van der Waals surface area contributed by atoms with Gasteiger partial charge < -0.3 is 5.32 Å². The number of aromatic nitrogens is 2. The molecule has 0 saturated heterocycles. The van der Waals surface area contributed by atoms with E-state index in [4.69, 9.17) is 0 Å². The van der Waals surface area contributed by atoms with Gasteiger partial charge in [-0.1, -0.05) is 0 Å². The Labute approximate surface area is 113 Å². The molecule has 1 fully saturated rings. The summed E-state index contributed by atoms with van der Waals surface area (Å²) >= 11 is 5.24. The standard InChI is InChI=1S/C12H14BrN3S/c13-12-4-3-11(17-12)8-16-7-9(6-15-16)5-14-10-1-2-10/h3-4,6-7,10,14H,1-2,5,8H2. The average molecular weight is 312 g/mol. The summed E-state index contributed by atoms with van der Waals surface area (Å²) in [5.41, 5.74) is 1.27. The summed E-state index contributed by atoms with van der Waals surface area (Å²) in [6.45, 7) is 1.80. The molecule has 0 bridgehead atoms. The van der Waals surface area contributed by atoms with Gasteiger partial charge in [-0.25, -0.2) is 0 Å². The smallest absolute Gasteiger partial charge is 0.0752 e. The normalized spacial score (nSPS) is 15.4. The van der Waals surface area contributed by atoms with Crippen molar-refractivity contribution in [3.05, 3.63) is 38.8 Å². The van der Waals surface area contributed by atoms with Crippen LogP contribution in [-0.4, -0.2) is 15.8 Å². The number of halogens is 1. The van der Waals surface area contributed by atoms with E-state index in [1.165, 1.54) is 27.1 Å². The summed E-state index contributed by atoms with van der Waals surface area (Å²) < 4.78 is 3.18. The Morgan fingerprint density at radius 3 is 3.06 bits per heavy atom. The van der Waals surface area contributed by atoms with Crippen molar-refractivity contribution in [2.45, 2.75) is 32.0 Å². The van der Waals surface area contributed by atoms with Gasteiger partial charge in [0.1, 0.15) is 0 Å². The minimum Gasteiger partial charge on any atom is -0.310 e. The van der Waals surface area contributed by atoms with Gasteiger partial charge in [-0.05, 0) is 40.9 Å². The van der Waals surface area contributed by atoms with Crippen molar-refractivity contribution in [3.63, 3.8) is 0 Å². The van der Waals surface area contributed by atoms with Crippen LogP contribution in [0.25, 0.3) is 0 Å². The minimum atomic E-state index is 0.756. The first-order chi connectivity index (χ1) is 8.29. The zero-order chi connectivity index (χ0) is 11.7. The molecule has 3 nitrogen and oxygen atoms in total. The number of thiophene rings is 1. The first-order valence-electron chi connectivity index (χ1n) is 5.78. The number of hydrogen-bond donors (Lipinski definition) is 1. The van der Waals surface area contributed by atoms with E-state index in [9.17, 15) is 0 Å². The summed E-state index contributed by atoms with van der Waals surface area (Å²) in [4.78, 5) is 1.32. The van der Waals surface area contributed by atoms with Gasteiger partial charge in [0.05, 0.1) is 16.5 Å². The summed E-state index contributed by atoms with van der Waals surface area (Å²) in [5.74, 6) is 0. The molecule has 0 radical (unpaired) electrons. The molecule has 0 amide bonds. The van der Waals surface area contributed by atoms with E-state index in [2.05, 4.69) is 44.7 Å². The molecule has 17 heavy (non-hydrogen) atoms. The largest absolute Gasteiger partial charge is 0.310 e. The van der Waals surface area contributed by atoms with Crippen molar-refractivity contribution in [1.29, 1.82) is 0 Å². The maximum Gasteiger partial charge on any atom is 0.0752 e. The monoisotopic (exact) mass is 311 g/mol. The lowest BCUT2D eigenvalue weighted by molar-refractivity contribution is 0.678. The molecule has 90 valence electrons. The van der Waals surface area contributed by atoms with Gasteiger partial charge in [0.25, 0.3) is 0 Å². The van der Waals surface area contributed by atoms with Crippen molar-refractivity contribution in [3.8, 4) is 0 Å². The van der Waals surface area contributed by atoms with Gasteiger partial charge in [-0.2, -0.15) is 5.10 Å². The van der Waals surface area contributed by atoms with Gasteiger partial charge >= 0.3 is 0 Å². The van der Waals surface area contributed by atoms with Crippen LogP contribution >= 0.6 is 27.3 Å². The fourth-order valence-electron chi connectivity index (χ4n) is 1.73. The topological polar surface area (TPSA) is 29.9 Å². The molecule has 3 rings (SSSR count). The van der Waals surface area contributed by atoms with Gasteiger partial charge in [-0.3, -0.25) is 4.68 Å². The maximum absolute atomic E-state index is 4.39. The molecule has 1 saturated carbocycles. The molecule has 1 aliphatic carbocycles. The van der Waals surface area contributed by atoms with Gasteiger partial charge in [0.15, 0.2) is 0 Å². The van der Waals surface area contributed by atoms with Crippen LogP contribution in [0.15, 0.2) is 28.3 Å². The van der Waals surface area contributed by atoms with Crippen LogP contribution in [0.2, 0.25) is 0 Å². The van der Waals surface area contributed by atoms with Gasteiger partial charge in [0.2, 0.25) is 0 Å². The number of hydrogen-bond acceptors (Lipinski definition) is 3. The second-order valence-corrected chi connectivity index (χ2v) is 6.95. The van der Waals surface area contributed by atoms with E-state index < -0.39 is 0 Å². The zero-order valence-corrected chi connectivity index (χ0v) is 11.8. The third-order valence-electron chi connectivity index (χ3n) is 2.81. The molecule has 0 atom stereocenters. The summed E-state index contributed by atoms with van der Waals surface area (Å²) in [5, 5.41) is 7.88. The van der Waals surface area contributed by atoms with Gasteiger partial charge in [0, 0.05) is 29.2 Å². The molecule has 0 spiro atoms. The fourth-order valence-corrected chi connectivity index (χ4v) is 3.21. The third kappa shape index (κ3) is 3.18. The van der Waals surface area contributed by atoms with Crippen LogP contribution < -0.4 is 5.32 Å². The van der Waals surface area contributed by atoms with E-state index in [0.717, 1.165) is 19.1 Å². The first kappa shape index (κ1) is 11.4. The van der Waals surface area contributed by atoms with Crippen LogP contribution in [0.4, 0.5) is 0 Å². The minimum absolute atomic E-state index is 0.756.